The standard InChI is InChI=1S/C21H23BrClN3O2/c22-16-12-24-20(25-13-16)28-18-4-3-11-26(14-18)19(27)21(9-1-2-10-21)15-5-7-17(23)8-6-15/h5-8,12-13,18H,1-4,9-11,14H2. The highest BCUT2D eigenvalue weighted by Crippen LogP contribution is 2.43. The van der Waals surface area contributed by atoms with Crippen LogP contribution in [-0.4, -0.2) is 40.0 Å². The van der Waals surface area contributed by atoms with E-state index in [1.165, 1.54) is 0 Å². The van der Waals surface area contributed by atoms with E-state index >= 15 is 0 Å². The maximum Gasteiger partial charge on any atom is 0.316 e. The average Bonchev–Trinajstić information content (AvgIpc) is 3.21. The molecule has 0 bridgehead atoms. The Morgan fingerprint density at radius 3 is 2.50 bits per heavy atom. The normalized spacial score (nSPS) is 21.5. The van der Waals surface area contributed by atoms with Crippen molar-refractivity contribution in [3.05, 3.63) is 51.7 Å². The number of aromatic nitrogens is 2. The number of ether oxygens (including phenoxy) is 1. The van der Waals surface area contributed by atoms with Crippen molar-refractivity contribution in [3.63, 3.8) is 0 Å². The minimum Gasteiger partial charge on any atom is -0.458 e. The van der Waals surface area contributed by atoms with Gasteiger partial charge in [-0.1, -0.05) is 36.6 Å². The number of rotatable bonds is 4. The van der Waals surface area contributed by atoms with Gasteiger partial charge in [0.15, 0.2) is 0 Å². The van der Waals surface area contributed by atoms with Crippen molar-refractivity contribution < 1.29 is 9.53 Å². The molecule has 5 nitrogen and oxygen atoms in total. The molecule has 1 aromatic carbocycles. The second-order valence-corrected chi connectivity index (χ2v) is 8.97. The zero-order chi connectivity index (χ0) is 19.6. The number of nitrogens with zero attached hydrogens (tertiary/aromatic N) is 3. The van der Waals surface area contributed by atoms with Crippen molar-refractivity contribution in [2.45, 2.75) is 50.0 Å². The molecule has 2 aromatic rings. The van der Waals surface area contributed by atoms with Crippen LogP contribution in [0.2, 0.25) is 5.02 Å². The molecule has 1 saturated heterocycles. The van der Waals surface area contributed by atoms with E-state index in [1.807, 2.05) is 29.2 Å². The Hall–Kier alpha value is -1.66. The molecule has 4 rings (SSSR count). The third-order valence-corrected chi connectivity index (χ3v) is 6.46. The van der Waals surface area contributed by atoms with E-state index in [2.05, 4.69) is 25.9 Å². The summed E-state index contributed by atoms with van der Waals surface area (Å²) in [5.74, 6) is 0.220. The summed E-state index contributed by atoms with van der Waals surface area (Å²) in [5, 5.41) is 0.699. The van der Waals surface area contributed by atoms with Gasteiger partial charge in [0.25, 0.3) is 0 Å². The van der Waals surface area contributed by atoms with E-state index < -0.39 is 5.41 Å². The Kier molecular flexibility index (Phi) is 5.88. The predicted octanol–water partition coefficient (Wildman–Crippen LogP) is 4.77. The van der Waals surface area contributed by atoms with E-state index in [-0.39, 0.29) is 12.0 Å². The third kappa shape index (κ3) is 4.03. The number of piperidine rings is 1. The van der Waals surface area contributed by atoms with Gasteiger partial charge >= 0.3 is 6.01 Å². The lowest BCUT2D eigenvalue weighted by Crippen LogP contribution is -2.51. The van der Waals surface area contributed by atoms with Crippen molar-refractivity contribution in [2.24, 2.45) is 0 Å². The van der Waals surface area contributed by atoms with Crippen LogP contribution in [0.4, 0.5) is 0 Å². The minimum absolute atomic E-state index is 0.0810. The fourth-order valence-corrected chi connectivity index (χ4v) is 4.74. The monoisotopic (exact) mass is 463 g/mol. The van der Waals surface area contributed by atoms with Crippen molar-refractivity contribution in [2.75, 3.05) is 13.1 Å². The first-order valence-electron chi connectivity index (χ1n) is 9.76. The Labute approximate surface area is 178 Å². The van der Waals surface area contributed by atoms with Gasteiger partial charge in [0, 0.05) is 24.0 Å². The van der Waals surface area contributed by atoms with E-state index in [9.17, 15) is 4.79 Å². The number of hydrogen-bond acceptors (Lipinski definition) is 4. The largest absolute Gasteiger partial charge is 0.458 e. The SMILES string of the molecule is O=C(N1CCCC(Oc2ncc(Br)cn2)C1)C1(c2ccc(Cl)cc2)CCCC1. The van der Waals surface area contributed by atoms with Crippen LogP contribution < -0.4 is 4.74 Å². The second kappa shape index (κ2) is 8.37. The quantitative estimate of drug-likeness (QED) is 0.654. The third-order valence-electron chi connectivity index (χ3n) is 5.80. The van der Waals surface area contributed by atoms with Crippen molar-refractivity contribution in [1.29, 1.82) is 0 Å². The molecule has 1 unspecified atom stereocenters. The second-order valence-electron chi connectivity index (χ2n) is 7.61. The maximum atomic E-state index is 13.7. The molecule has 2 heterocycles. The molecule has 7 heteroatoms. The molecule has 148 valence electrons. The predicted molar refractivity (Wildman–Crippen MR) is 112 cm³/mol. The number of halogens is 2. The number of likely N-dealkylation sites (tertiary alicyclic amines) is 1. The van der Waals surface area contributed by atoms with Gasteiger partial charge in [0.1, 0.15) is 6.10 Å². The molecular weight excluding hydrogens is 442 g/mol. The minimum atomic E-state index is -0.430. The lowest BCUT2D eigenvalue weighted by atomic mass is 9.77. The van der Waals surface area contributed by atoms with E-state index in [0.29, 0.717) is 17.6 Å². The van der Waals surface area contributed by atoms with Gasteiger partial charge in [-0.05, 0) is 59.3 Å². The summed E-state index contributed by atoms with van der Waals surface area (Å²) in [7, 11) is 0. The highest BCUT2D eigenvalue weighted by molar-refractivity contribution is 9.10. The number of carbonyl (C=O) groups is 1. The van der Waals surface area contributed by atoms with Gasteiger partial charge in [-0.15, -0.1) is 0 Å². The molecule has 1 aliphatic heterocycles. The maximum absolute atomic E-state index is 13.7. The molecule has 0 radical (unpaired) electrons. The highest BCUT2D eigenvalue weighted by Gasteiger charge is 2.45. The summed E-state index contributed by atoms with van der Waals surface area (Å²) in [6, 6.07) is 8.16. The molecule has 1 saturated carbocycles. The Bertz CT molecular complexity index is 823. The van der Waals surface area contributed by atoms with E-state index in [0.717, 1.165) is 55.1 Å². The van der Waals surface area contributed by atoms with E-state index in [4.69, 9.17) is 16.3 Å². The molecule has 28 heavy (non-hydrogen) atoms. The van der Waals surface area contributed by atoms with Crippen LogP contribution in [0.5, 0.6) is 6.01 Å². The molecular formula is C21H23BrClN3O2. The zero-order valence-electron chi connectivity index (χ0n) is 15.6. The number of benzene rings is 1. The first-order chi connectivity index (χ1) is 13.6. The van der Waals surface area contributed by atoms with Gasteiger partial charge < -0.3 is 9.64 Å². The molecule has 2 aliphatic rings. The molecule has 2 fully saturated rings. The van der Waals surface area contributed by atoms with Gasteiger partial charge in [0.2, 0.25) is 5.91 Å². The lowest BCUT2D eigenvalue weighted by Gasteiger charge is -2.39. The van der Waals surface area contributed by atoms with Crippen molar-refractivity contribution in [1.82, 2.24) is 14.9 Å². The molecule has 1 amide bonds. The fourth-order valence-electron chi connectivity index (χ4n) is 4.41. The smallest absolute Gasteiger partial charge is 0.316 e. The van der Waals surface area contributed by atoms with Crippen LogP contribution in [0.25, 0.3) is 0 Å². The molecule has 1 aliphatic carbocycles. The van der Waals surface area contributed by atoms with Gasteiger partial charge in [-0.3, -0.25) is 4.79 Å². The Morgan fingerprint density at radius 2 is 1.82 bits per heavy atom. The summed E-state index contributed by atoms with van der Waals surface area (Å²) in [6.07, 6.45) is 9.02. The summed E-state index contributed by atoms with van der Waals surface area (Å²) in [4.78, 5) is 24.0. The van der Waals surface area contributed by atoms with Crippen molar-refractivity contribution >= 4 is 33.4 Å². The van der Waals surface area contributed by atoms with Crippen molar-refractivity contribution in [3.8, 4) is 6.01 Å². The zero-order valence-corrected chi connectivity index (χ0v) is 18.0. The van der Waals surface area contributed by atoms with Crippen LogP contribution in [0, 0.1) is 0 Å². The van der Waals surface area contributed by atoms with E-state index in [1.54, 1.807) is 12.4 Å². The molecule has 0 N–H and O–H groups in total. The first kappa shape index (κ1) is 19.6. The van der Waals surface area contributed by atoms with Gasteiger partial charge in [0.05, 0.1) is 16.4 Å². The summed E-state index contributed by atoms with van der Waals surface area (Å²) in [6.45, 7) is 1.35. The number of hydrogen-bond donors (Lipinski definition) is 0. The average molecular weight is 465 g/mol. The fraction of sp³-hybridized carbons (Fsp3) is 0.476. The Balaban J connectivity index is 1.50. The summed E-state index contributed by atoms with van der Waals surface area (Å²) < 4.78 is 6.76. The summed E-state index contributed by atoms with van der Waals surface area (Å²) >= 11 is 9.40. The van der Waals surface area contributed by atoms with Crippen LogP contribution in [0.15, 0.2) is 41.1 Å². The van der Waals surface area contributed by atoms with Crippen LogP contribution in [0.1, 0.15) is 44.1 Å². The molecule has 1 atom stereocenters. The van der Waals surface area contributed by atoms with Gasteiger partial charge in [-0.25, -0.2) is 9.97 Å². The van der Waals surface area contributed by atoms with Crippen LogP contribution in [-0.2, 0) is 10.2 Å². The Morgan fingerprint density at radius 1 is 1.14 bits per heavy atom. The lowest BCUT2D eigenvalue weighted by molar-refractivity contribution is -0.140. The number of amides is 1. The summed E-state index contributed by atoms with van der Waals surface area (Å²) in [5.41, 5.74) is 0.652. The molecule has 1 aromatic heterocycles. The number of carbonyl (C=O) groups excluding carboxylic acids is 1. The molecule has 0 spiro atoms. The van der Waals surface area contributed by atoms with Crippen LogP contribution >= 0.6 is 27.5 Å². The van der Waals surface area contributed by atoms with Gasteiger partial charge in [-0.2, -0.15) is 0 Å². The topological polar surface area (TPSA) is 55.3 Å². The van der Waals surface area contributed by atoms with Crippen LogP contribution in [0.3, 0.4) is 0 Å². The first-order valence-corrected chi connectivity index (χ1v) is 10.9. The highest BCUT2D eigenvalue weighted by atomic mass is 79.9.